The predicted octanol–water partition coefficient (Wildman–Crippen LogP) is 3.30. The average molecular weight is 270 g/mol. The van der Waals surface area contributed by atoms with Gasteiger partial charge in [0.05, 0.1) is 0 Å². The van der Waals surface area contributed by atoms with Crippen molar-refractivity contribution in [3.63, 3.8) is 0 Å². The van der Waals surface area contributed by atoms with Gasteiger partial charge in [-0.3, -0.25) is 0 Å². The van der Waals surface area contributed by atoms with Gasteiger partial charge >= 0.3 is 0 Å². The van der Waals surface area contributed by atoms with Crippen LogP contribution in [-0.2, 0) is 13.0 Å². The Balaban J connectivity index is 2.05. The van der Waals surface area contributed by atoms with Crippen LogP contribution in [0.3, 0.4) is 0 Å². The smallest absolute Gasteiger partial charge is 0.177 e. The highest BCUT2D eigenvalue weighted by Crippen LogP contribution is 2.33. The summed E-state index contributed by atoms with van der Waals surface area (Å²) in [7, 11) is 0. The number of aromatic nitrogens is 2. The van der Waals surface area contributed by atoms with Gasteiger partial charge in [0.25, 0.3) is 0 Å². The van der Waals surface area contributed by atoms with Crippen LogP contribution in [-0.4, -0.2) is 9.55 Å². The van der Waals surface area contributed by atoms with E-state index in [2.05, 4.69) is 4.98 Å². The van der Waals surface area contributed by atoms with Gasteiger partial charge in [0.15, 0.2) is 16.4 Å². The standard InChI is InChI=1S/C12H9F3N2S/c13-8-1-2-9(14)11(15)10(8)6-3-7-4-16-12(18)17(7)5-6/h1-2,4,6H,3,5H2,(H,16,18)/t6-/m0/s1. The topological polar surface area (TPSA) is 20.7 Å². The predicted molar refractivity (Wildman–Crippen MR) is 62.4 cm³/mol. The van der Waals surface area contributed by atoms with Gasteiger partial charge in [-0.25, -0.2) is 13.2 Å². The van der Waals surface area contributed by atoms with Gasteiger partial charge in [-0.05, 0) is 30.8 Å². The molecular formula is C12H9F3N2S. The molecule has 0 spiro atoms. The summed E-state index contributed by atoms with van der Waals surface area (Å²) >= 11 is 5.05. The molecule has 1 N–H and O–H groups in total. The summed E-state index contributed by atoms with van der Waals surface area (Å²) < 4.78 is 42.8. The number of fused-ring (bicyclic) bond motifs is 1. The first-order valence-corrected chi connectivity index (χ1v) is 5.89. The Bertz CT molecular complexity index is 674. The molecule has 1 aromatic carbocycles. The molecule has 0 saturated carbocycles. The molecule has 0 saturated heterocycles. The highest BCUT2D eigenvalue weighted by molar-refractivity contribution is 7.71. The van der Waals surface area contributed by atoms with Crippen molar-refractivity contribution in [2.75, 3.05) is 0 Å². The zero-order chi connectivity index (χ0) is 12.9. The Hall–Kier alpha value is -1.56. The highest BCUT2D eigenvalue weighted by Gasteiger charge is 2.29. The zero-order valence-electron chi connectivity index (χ0n) is 9.21. The summed E-state index contributed by atoms with van der Waals surface area (Å²) in [4.78, 5) is 2.87. The Morgan fingerprint density at radius 3 is 2.67 bits per heavy atom. The van der Waals surface area contributed by atoms with Crippen molar-refractivity contribution in [1.29, 1.82) is 0 Å². The third kappa shape index (κ3) is 1.59. The van der Waals surface area contributed by atoms with E-state index in [1.807, 2.05) is 0 Å². The number of hydrogen-bond donors (Lipinski definition) is 1. The van der Waals surface area contributed by atoms with Gasteiger partial charge in [-0.1, -0.05) is 0 Å². The molecule has 1 aliphatic heterocycles. The zero-order valence-corrected chi connectivity index (χ0v) is 10.0. The fourth-order valence-corrected chi connectivity index (χ4v) is 2.70. The van der Waals surface area contributed by atoms with Crippen LogP contribution in [0.5, 0.6) is 0 Å². The Kier molecular flexibility index (Phi) is 2.55. The van der Waals surface area contributed by atoms with Crippen LogP contribution >= 0.6 is 12.2 Å². The van der Waals surface area contributed by atoms with E-state index in [4.69, 9.17) is 12.2 Å². The van der Waals surface area contributed by atoms with Gasteiger partial charge in [0.2, 0.25) is 0 Å². The van der Waals surface area contributed by atoms with Crippen molar-refractivity contribution in [3.05, 3.63) is 51.8 Å². The Morgan fingerprint density at radius 2 is 1.94 bits per heavy atom. The number of H-pyrrole nitrogens is 1. The van der Waals surface area contributed by atoms with Crippen LogP contribution in [0.2, 0.25) is 0 Å². The lowest BCUT2D eigenvalue weighted by atomic mass is 9.96. The van der Waals surface area contributed by atoms with Gasteiger partial charge in [-0.2, -0.15) is 0 Å². The quantitative estimate of drug-likeness (QED) is 0.623. The lowest BCUT2D eigenvalue weighted by Gasteiger charge is -2.12. The molecule has 2 nitrogen and oxygen atoms in total. The first kappa shape index (κ1) is 11.5. The molecule has 2 heterocycles. The van der Waals surface area contributed by atoms with Crippen LogP contribution in [0, 0.1) is 22.2 Å². The molecule has 94 valence electrons. The second-order valence-corrected chi connectivity index (χ2v) is 4.74. The van der Waals surface area contributed by atoms with E-state index in [-0.39, 0.29) is 5.56 Å². The maximum atomic E-state index is 13.7. The number of imidazole rings is 1. The van der Waals surface area contributed by atoms with Crippen molar-refractivity contribution in [3.8, 4) is 0 Å². The molecule has 0 bridgehead atoms. The summed E-state index contributed by atoms with van der Waals surface area (Å²) in [6, 6.07) is 1.76. The summed E-state index contributed by atoms with van der Waals surface area (Å²) in [6.07, 6.45) is 2.17. The van der Waals surface area contributed by atoms with Crippen molar-refractivity contribution in [2.45, 2.75) is 18.9 Å². The normalized spacial score (nSPS) is 18.1. The molecule has 0 radical (unpaired) electrons. The van der Waals surface area contributed by atoms with Crippen molar-refractivity contribution >= 4 is 12.2 Å². The second-order valence-electron chi connectivity index (χ2n) is 4.35. The minimum absolute atomic E-state index is 0.187. The number of halogens is 3. The fraction of sp³-hybridized carbons (Fsp3) is 0.250. The van der Waals surface area contributed by atoms with Crippen LogP contribution in [0.4, 0.5) is 13.2 Å². The SMILES string of the molecule is Fc1ccc(F)c([C@H]2Cc3c[nH]c(=S)n3C2)c1F. The second kappa shape index (κ2) is 3.98. The van der Waals surface area contributed by atoms with E-state index in [9.17, 15) is 13.2 Å². The van der Waals surface area contributed by atoms with Gasteiger partial charge in [0, 0.05) is 29.9 Å². The molecule has 18 heavy (non-hydrogen) atoms. The third-order valence-corrected chi connectivity index (χ3v) is 3.64. The van der Waals surface area contributed by atoms with Gasteiger partial charge < -0.3 is 9.55 Å². The third-order valence-electron chi connectivity index (χ3n) is 3.30. The molecule has 1 aromatic heterocycles. The molecule has 1 aliphatic rings. The van der Waals surface area contributed by atoms with Crippen LogP contribution in [0.15, 0.2) is 18.3 Å². The lowest BCUT2D eigenvalue weighted by molar-refractivity contribution is 0.459. The highest BCUT2D eigenvalue weighted by atomic mass is 32.1. The number of nitrogens with one attached hydrogen (secondary N) is 1. The number of rotatable bonds is 1. The molecule has 1 atom stereocenters. The molecule has 6 heteroatoms. The molecular weight excluding hydrogens is 261 g/mol. The number of benzene rings is 1. The van der Waals surface area contributed by atoms with Crippen LogP contribution in [0.25, 0.3) is 0 Å². The van der Waals surface area contributed by atoms with Crippen LogP contribution < -0.4 is 0 Å². The fourth-order valence-electron chi connectivity index (χ4n) is 2.45. The van der Waals surface area contributed by atoms with Crippen molar-refractivity contribution in [2.24, 2.45) is 0 Å². The molecule has 0 unspecified atom stereocenters. The average Bonchev–Trinajstić information content (AvgIpc) is 2.88. The minimum atomic E-state index is -1.10. The molecule has 0 amide bonds. The number of aromatic amines is 1. The van der Waals surface area contributed by atoms with Crippen LogP contribution in [0.1, 0.15) is 17.2 Å². The molecule has 0 aliphatic carbocycles. The van der Waals surface area contributed by atoms with E-state index < -0.39 is 23.4 Å². The summed E-state index contributed by atoms with van der Waals surface area (Å²) in [6.45, 7) is 0.370. The largest absolute Gasteiger partial charge is 0.337 e. The van der Waals surface area contributed by atoms with E-state index in [0.29, 0.717) is 17.7 Å². The number of hydrogen-bond acceptors (Lipinski definition) is 1. The molecule has 2 aromatic rings. The Labute approximate surface area is 106 Å². The summed E-state index contributed by atoms with van der Waals surface area (Å²) in [5.41, 5.74) is 0.696. The van der Waals surface area contributed by atoms with E-state index in [1.165, 1.54) is 0 Å². The Morgan fingerprint density at radius 1 is 1.22 bits per heavy atom. The van der Waals surface area contributed by atoms with E-state index >= 15 is 0 Å². The molecule has 3 rings (SSSR count). The monoisotopic (exact) mass is 270 g/mol. The maximum absolute atomic E-state index is 13.7. The molecule has 0 fully saturated rings. The van der Waals surface area contributed by atoms with Crippen molar-refractivity contribution in [1.82, 2.24) is 9.55 Å². The first-order chi connectivity index (χ1) is 8.58. The lowest BCUT2D eigenvalue weighted by Crippen LogP contribution is -2.08. The van der Waals surface area contributed by atoms with Gasteiger partial charge in [-0.15, -0.1) is 0 Å². The van der Waals surface area contributed by atoms with E-state index in [0.717, 1.165) is 17.8 Å². The number of nitrogens with zero attached hydrogens (tertiary/aromatic N) is 1. The summed E-state index contributed by atoms with van der Waals surface area (Å²) in [5.74, 6) is -3.24. The summed E-state index contributed by atoms with van der Waals surface area (Å²) in [5, 5.41) is 0. The first-order valence-electron chi connectivity index (χ1n) is 5.48. The maximum Gasteiger partial charge on any atom is 0.177 e. The van der Waals surface area contributed by atoms with Gasteiger partial charge in [0.1, 0.15) is 5.82 Å². The minimum Gasteiger partial charge on any atom is -0.337 e. The van der Waals surface area contributed by atoms with Crippen molar-refractivity contribution < 1.29 is 13.2 Å². The van der Waals surface area contributed by atoms with E-state index in [1.54, 1.807) is 10.8 Å².